The largest absolute Gasteiger partial charge is 0.493 e. The van der Waals surface area contributed by atoms with Gasteiger partial charge >= 0.3 is 0 Å². The minimum Gasteiger partial charge on any atom is -0.493 e. The maximum absolute atomic E-state index is 8.36. The van der Waals surface area contributed by atoms with Gasteiger partial charge in [-0.1, -0.05) is 95.6 Å². The number of methoxy groups -OCH3 is 1. The van der Waals surface area contributed by atoms with Gasteiger partial charge in [-0.15, -0.1) is 0 Å². The van der Waals surface area contributed by atoms with E-state index >= 15 is 0 Å². The fourth-order valence-corrected chi connectivity index (χ4v) is 9.97. The summed E-state index contributed by atoms with van der Waals surface area (Å²) in [5.74, 6) is 0.730. The molecule has 5 N–H and O–H groups in total. The zero-order chi connectivity index (χ0) is 50.3. The second-order valence-electron chi connectivity index (χ2n) is 19.7. The molecule has 0 saturated heterocycles. The van der Waals surface area contributed by atoms with Crippen molar-refractivity contribution in [1.29, 1.82) is 0 Å². The standard InChI is InChI=1S/C58H50N8O.C2H6.CH2O2/c1-33-7-9-34(10-8-33)46-26-43-29-53-58(4,5)32-51(66-53)56(67-6)55-47(27-44(65-55)30-52-57(2,3)31-45(64-52)28-50(46)63-43)35-11-13-36(14-12-35)54-48-21-19-41(61-48)24-39-17-15-37(59-39)23-38-16-18-40(60-38)25-42-20-22-49(54)62-42;1-2;2-1-3/h7-30,59,62-63,65H,31-32H2,1-6H3;1-2H3;1H,(H,2,3). The maximum atomic E-state index is 8.36. The molecular formula is C61H58N8O3. The highest BCUT2D eigenvalue weighted by Gasteiger charge is 2.32. The number of aromatic nitrogens is 8. The van der Waals surface area contributed by atoms with Crippen molar-refractivity contribution in [2.45, 2.75) is 72.1 Å². The van der Waals surface area contributed by atoms with Crippen molar-refractivity contribution < 1.29 is 14.6 Å². The van der Waals surface area contributed by atoms with Crippen molar-refractivity contribution in [3.05, 3.63) is 172 Å². The van der Waals surface area contributed by atoms with Crippen LogP contribution in [0.3, 0.4) is 0 Å². The van der Waals surface area contributed by atoms with Crippen LogP contribution in [0.2, 0.25) is 0 Å². The molecule has 4 aliphatic heterocycles. The first-order chi connectivity index (χ1) is 34.8. The van der Waals surface area contributed by atoms with Crippen molar-refractivity contribution >= 4 is 74.9 Å². The fourth-order valence-electron chi connectivity index (χ4n) is 9.97. The van der Waals surface area contributed by atoms with E-state index < -0.39 is 0 Å². The van der Waals surface area contributed by atoms with Crippen LogP contribution >= 0.6 is 0 Å². The fraction of sp³-hybridized carbons (Fsp3) is 0.197. The van der Waals surface area contributed by atoms with Gasteiger partial charge in [0.1, 0.15) is 0 Å². The van der Waals surface area contributed by atoms with Gasteiger partial charge in [0.05, 0.1) is 41.1 Å². The lowest BCUT2D eigenvalue weighted by Gasteiger charge is -2.16. The van der Waals surface area contributed by atoms with E-state index in [4.69, 9.17) is 34.6 Å². The van der Waals surface area contributed by atoms with Crippen LogP contribution in [0.15, 0.2) is 121 Å². The molecule has 0 saturated carbocycles. The monoisotopic (exact) mass is 950 g/mol. The van der Waals surface area contributed by atoms with Crippen molar-refractivity contribution in [1.82, 2.24) is 39.9 Å². The van der Waals surface area contributed by atoms with Crippen LogP contribution in [0.1, 0.15) is 92.7 Å². The Labute approximate surface area is 418 Å². The van der Waals surface area contributed by atoms with Crippen molar-refractivity contribution in [2.75, 3.05) is 7.11 Å². The molecule has 12 rings (SSSR count). The summed E-state index contributed by atoms with van der Waals surface area (Å²) in [4.78, 5) is 43.8. The van der Waals surface area contributed by atoms with Gasteiger partial charge in [-0.2, -0.15) is 0 Å². The summed E-state index contributed by atoms with van der Waals surface area (Å²) in [6, 6.07) is 43.2. The van der Waals surface area contributed by atoms with Crippen LogP contribution in [0.4, 0.5) is 0 Å². The third-order valence-electron chi connectivity index (χ3n) is 13.5. The first kappa shape index (κ1) is 47.1. The number of fused-ring (bicyclic) bond motifs is 16. The smallest absolute Gasteiger partial charge is 0.290 e. The van der Waals surface area contributed by atoms with Gasteiger partial charge < -0.3 is 29.8 Å². The molecule has 6 aromatic heterocycles. The molecule has 11 nitrogen and oxygen atoms in total. The number of H-pyrrole nitrogens is 4. The van der Waals surface area contributed by atoms with Crippen LogP contribution in [-0.4, -0.2) is 58.6 Å². The number of benzene rings is 2. The van der Waals surface area contributed by atoms with Gasteiger partial charge in [0, 0.05) is 96.1 Å². The number of aryl methyl sites for hydroxylation is 1. The summed E-state index contributed by atoms with van der Waals surface area (Å²) in [5.41, 5.74) is 22.5. The van der Waals surface area contributed by atoms with E-state index in [-0.39, 0.29) is 17.3 Å². The zero-order valence-corrected chi connectivity index (χ0v) is 41.9. The molecule has 2 aromatic carbocycles. The Balaban J connectivity index is 0.00000115. The Morgan fingerprint density at radius 2 is 1.07 bits per heavy atom. The number of ether oxygens (including phenoxy) is 1. The Morgan fingerprint density at radius 3 is 1.75 bits per heavy atom. The quantitative estimate of drug-likeness (QED) is 0.110. The maximum Gasteiger partial charge on any atom is 0.290 e. The van der Waals surface area contributed by atoms with Crippen molar-refractivity contribution in [3.63, 3.8) is 0 Å². The van der Waals surface area contributed by atoms with Crippen LogP contribution in [0, 0.1) is 6.92 Å². The van der Waals surface area contributed by atoms with Crippen LogP contribution in [0.25, 0.3) is 102 Å². The lowest BCUT2D eigenvalue weighted by atomic mass is 9.86. The topological polar surface area (TPSA) is 161 Å². The molecule has 0 amide bonds. The molecule has 0 aliphatic carbocycles. The molecule has 16 bridgehead atoms. The predicted octanol–water partition coefficient (Wildman–Crippen LogP) is 14.4. The molecule has 10 heterocycles. The minimum atomic E-state index is -0.250. The molecular weight excluding hydrogens is 893 g/mol. The zero-order valence-electron chi connectivity index (χ0n) is 41.9. The average molecular weight is 951 g/mol. The SMILES string of the molecule is CC.COc1c2nc(cc3cc(-c4ccc(C)cc4)c(cc4nc(cc5cc(-c6ccc(-c7c8nc(cc9ccc(cc%10nc(cc%11ccc7[nH]%11)C=C%10)[nH]9)C=C8)cc6)c1[nH]5)C(C)(C)C4)[nH]3)C(C)(C)C2.O=CO. The third kappa shape index (κ3) is 9.29. The number of nitrogens with one attached hydrogen (secondary N) is 4. The van der Waals surface area contributed by atoms with Gasteiger partial charge in [0.2, 0.25) is 0 Å². The average Bonchev–Trinajstić information content (AvgIpc) is 4.24. The highest BCUT2D eigenvalue weighted by atomic mass is 16.5. The number of nitrogens with zero attached hydrogens (tertiary/aromatic N) is 4. The summed E-state index contributed by atoms with van der Waals surface area (Å²) in [6.45, 7) is 14.9. The molecule has 0 radical (unpaired) electrons. The Morgan fingerprint density at radius 1 is 0.542 bits per heavy atom. The van der Waals surface area contributed by atoms with E-state index in [1.165, 1.54) is 5.56 Å². The van der Waals surface area contributed by atoms with E-state index in [0.717, 1.165) is 135 Å². The van der Waals surface area contributed by atoms with Gasteiger partial charge in [-0.25, -0.2) is 9.97 Å². The molecule has 0 fully saturated rings. The van der Waals surface area contributed by atoms with Crippen molar-refractivity contribution in [3.8, 4) is 39.1 Å². The van der Waals surface area contributed by atoms with E-state index in [2.05, 4.69) is 188 Å². The van der Waals surface area contributed by atoms with Gasteiger partial charge in [-0.05, 0) is 121 Å². The number of hydrogen-bond acceptors (Lipinski definition) is 6. The van der Waals surface area contributed by atoms with E-state index in [0.29, 0.717) is 6.42 Å². The van der Waals surface area contributed by atoms with Crippen LogP contribution in [0.5, 0.6) is 5.75 Å². The lowest BCUT2D eigenvalue weighted by Crippen LogP contribution is -2.15. The molecule has 11 heteroatoms. The first-order valence-corrected chi connectivity index (χ1v) is 24.5. The van der Waals surface area contributed by atoms with Crippen molar-refractivity contribution in [2.24, 2.45) is 0 Å². The highest BCUT2D eigenvalue weighted by Crippen LogP contribution is 2.41. The van der Waals surface area contributed by atoms with Gasteiger partial charge in [0.15, 0.2) is 5.75 Å². The second-order valence-corrected chi connectivity index (χ2v) is 19.7. The molecule has 360 valence electrons. The number of aromatic amines is 4. The first-order valence-electron chi connectivity index (χ1n) is 24.5. The number of rotatable bonds is 4. The van der Waals surface area contributed by atoms with E-state index in [9.17, 15) is 0 Å². The number of hydrogen-bond donors (Lipinski definition) is 5. The summed E-state index contributed by atoms with van der Waals surface area (Å²) in [7, 11) is 1.75. The van der Waals surface area contributed by atoms with E-state index in [1.54, 1.807) is 7.11 Å². The summed E-state index contributed by atoms with van der Waals surface area (Å²) >= 11 is 0. The normalized spacial score (nSPS) is 13.9. The second kappa shape index (κ2) is 19.0. The molecule has 8 aromatic rings. The molecule has 0 unspecified atom stereocenters. The minimum absolute atomic E-state index is 0.190. The summed E-state index contributed by atoms with van der Waals surface area (Å²) < 4.78 is 6.40. The molecule has 0 atom stereocenters. The Kier molecular flexibility index (Phi) is 12.4. The molecule has 72 heavy (non-hydrogen) atoms. The van der Waals surface area contributed by atoms with Gasteiger partial charge in [-0.3, -0.25) is 14.8 Å². The summed E-state index contributed by atoms with van der Waals surface area (Å²) in [5, 5.41) is 6.89. The van der Waals surface area contributed by atoms with Crippen LogP contribution in [-0.2, 0) is 28.5 Å². The lowest BCUT2D eigenvalue weighted by molar-refractivity contribution is -0.122. The Bertz CT molecular complexity index is 3810. The molecule has 0 spiro atoms. The van der Waals surface area contributed by atoms with Gasteiger partial charge in [0.25, 0.3) is 6.47 Å². The number of carboxylic acid groups (broad SMARTS) is 1. The number of carbonyl (C=O) groups is 1. The predicted molar refractivity (Wildman–Crippen MR) is 295 cm³/mol. The Hall–Kier alpha value is -8.57. The highest BCUT2D eigenvalue weighted by molar-refractivity contribution is 5.94. The van der Waals surface area contributed by atoms with Crippen LogP contribution < -0.4 is 4.74 Å². The van der Waals surface area contributed by atoms with E-state index in [1.807, 2.05) is 26.0 Å². The molecule has 4 aliphatic rings. The summed E-state index contributed by atoms with van der Waals surface area (Å²) in [6.07, 6.45) is 9.79. The third-order valence-corrected chi connectivity index (χ3v) is 13.5.